The third-order valence-electron chi connectivity index (χ3n) is 25.0. The molecule has 12 nitrogen and oxygen atoms in total. The Morgan fingerprint density at radius 1 is 0.321 bits per heavy atom. The molecule has 134 heavy (non-hydrogen) atoms. The first-order valence-electron chi connectivity index (χ1n) is 46.6. The van der Waals surface area contributed by atoms with E-state index in [-0.39, 0.29) is 37.9 Å². The zero-order chi connectivity index (χ0) is 96.7. The minimum absolute atomic E-state index is 0.000494. The predicted molar refractivity (Wildman–Crippen MR) is 572 cm³/mol. The second-order valence-corrected chi connectivity index (χ2v) is 43.1. The Labute approximate surface area is 799 Å². The zero-order valence-corrected chi connectivity index (χ0v) is 84.5. The molecule has 0 saturated heterocycles. The van der Waals surface area contributed by atoms with Gasteiger partial charge in [0, 0.05) is 121 Å². The Bertz CT molecular complexity index is 7140. The number of nitrogens with zero attached hydrogens (tertiary/aromatic N) is 2. The fraction of sp³-hybridized carbons (Fsp3) is 0.289. The fourth-order valence-corrected chi connectivity index (χ4v) is 17.5. The molecule has 0 radical (unpaired) electrons. The normalized spacial score (nSPS) is 11.9. The largest absolute Gasteiger partial charge is 0.496 e. The van der Waals surface area contributed by atoms with Crippen LogP contribution in [-0.2, 0) is 37.9 Å². The molecule has 19 rings (SSSR count). The first kappa shape index (κ1) is 98.0. The summed E-state index contributed by atoms with van der Waals surface area (Å²) in [4.78, 5) is 27.2. The second kappa shape index (κ2) is 40.1. The number of H-pyrrole nitrogens is 7. The number of aromatic nitrogens is 8. The lowest BCUT2D eigenvalue weighted by molar-refractivity contribution is 0.397. The highest BCUT2D eigenvalue weighted by molar-refractivity contribution is 6.30. The first-order valence-corrected chi connectivity index (χ1v) is 47.0. The third kappa shape index (κ3) is 22.9. The number of hydrogen-bond acceptors (Lipinski definition) is 5. The van der Waals surface area contributed by atoms with E-state index < -0.39 is 0 Å². The highest BCUT2D eigenvalue weighted by atomic mass is 35.5. The van der Waals surface area contributed by atoms with Gasteiger partial charge in [0.1, 0.15) is 23.3 Å². The van der Waals surface area contributed by atoms with E-state index in [4.69, 9.17) is 31.1 Å². The maximum absolute atomic E-state index is 8.88. The van der Waals surface area contributed by atoms with E-state index in [1.165, 1.54) is 143 Å². The van der Waals surface area contributed by atoms with Gasteiger partial charge in [0.2, 0.25) is 0 Å². The SMILES string of the molecule is CC(C)(C)c1cc2[nH]ccc2cc1-c1ccccc1.CC(C)(C)c1cc2[nH]ccc2cc1-c1cccnc1.CC(C)(C)c1ccc2c(C#N)c[nH]c2c1.CC(C)c1ccc(-c2cc3cc[nH]c3cc2C(C)(C)C)cc1.COc1cc(Cl)ccc1-c1cc2cc[nH]c2cc1C(C)(C)C.COc1cccc(OC)c1-c1cc2cc[nH]c2cc1C(C)(C)C.Cc1c[nH]c2cc(C(C)(C)C)ccc12. The van der Waals surface area contributed by atoms with E-state index in [2.05, 4.69) is 400 Å². The summed E-state index contributed by atoms with van der Waals surface area (Å²) in [5, 5.41) is 18.1. The number of nitrogens with one attached hydrogen (secondary N) is 7. The highest BCUT2D eigenvalue weighted by Crippen LogP contribution is 2.47. The predicted octanol–water partition coefficient (Wildman–Crippen LogP) is 34.0. The number of aryl methyl sites for hydroxylation is 1. The van der Waals surface area contributed by atoms with Gasteiger partial charge in [0.15, 0.2) is 0 Å². The Hall–Kier alpha value is -13.5. The van der Waals surface area contributed by atoms with Crippen molar-refractivity contribution < 1.29 is 14.2 Å². The van der Waals surface area contributed by atoms with Crippen molar-refractivity contribution >= 4 is 87.9 Å². The van der Waals surface area contributed by atoms with Crippen LogP contribution in [0.25, 0.3) is 132 Å². The van der Waals surface area contributed by atoms with Gasteiger partial charge in [-0.05, 0) is 306 Å². The van der Waals surface area contributed by atoms with Gasteiger partial charge in [-0.15, -0.1) is 0 Å². The molecule has 7 N–H and O–H groups in total. The van der Waals surface area contributed by atoms with Gasteiger partial charge in [-0.1, -0.05) is 262 Å². The summed E-state index contributed by atoms with van der Waals surface area (Å²) in [7, 11) is 5.08. The molecule has 0 bridgehead atoms. The summed E-state index contributed by atoms with van der Waals surface area (Å²) >= 11 is 6.11. The van der Waals surface area contributed by atoms with Crippen molar-refractivity contribution in [1.82, 2.24) is 39.9 Å². The van der Waals surface area contributed by atoms with E-state index in [0.717, 1.165) is 55.9 Å². The van der Waals surface area contributed by atoms with Gasteiger partial charge >= 0.3 is 0 Å². The van der Waals surface area contributed by atoms with Gasteiger partial charge in [-0.2, -0.15) is 5.26 Å². The molecule has 8 heterocycles. The van der Waals surface area contributed by atoms with E-state index >= 15 is 0 Å². The molecule has 13 heteroatoms. The van der Waals surface area contributed by atoms with Crippen LogP contribution in [-0.4, -0.2) is 61.2 Å². The molecule has 0 spiro atoms. The Morgan fingerprint density at radius 2 is 0.694 bits per heavy atom. The summed E-state index contributed by atoms with van der Waals surface area (Å²) in [6.45, 7) is 53.6. The molecule has 0 atom stereocenters. The molecular weight excluding hydrogens is 1660 g/mol. The summed E-state index contributed by atoms with van der Waals surface area (Å²) in [5.41, 5.74) is 33.8. The van der Waals surface area contributed by atoms with Crippen molar-refractivity contribution in [3.63, 3.8) is 0 Å². The van der Waals surface area contributed by atoms with Crippen LogP contribution < -0.4 is 14.2 Å². The number of benzene rings is 11. The Kier molecular flexibility index (Phi) is 29.4. The van der Waals surface area contributed by atoms with Crippen LogP contribution >= 0.6 is 11.6 Å². The molecule has 0 aliphatic carbocycles. The molecule has 0 aliphatic rings. The summed E-state index contributed by atoms with van der Waals surface area (Å²) in [6, 6.07) is 83.8. The molecule has 0 fully saturated rings. The summed E-state index contributed by atoms with van der Waals surface area (Å²) in [5.74, 6) is 3.02. The number of ether oxygens (including phenoxy) is 3. The number of fused-ring (bicyclic) bond motifs is 7. The first-order chi connectivity index (χ1) is 63.3. The number of rotatable bonds is 9. The van der Waals surface area contributed by atoms with Crippen LogP contribution in [0.1, 0.15) is 221 Å². The average molecular weight is 1800 g/mol. The molecule has 19 aromatic rings. The maximum atomic E-state index is 8.88. The number of pyridine rings is 1. The van der Waals surface area contributed by atoms with Gasteiger partial charge in [0.05, 0.1) is 32.5 Å². The number of halogens is 1. The van der Waals surface area contributed by atoms with E-state index in [1.807, 2.05) is 91.9 Å². The summed E-state index contributed by atoms with van der Waals surface area (Å²) in [6.07, 6.45) is 17.5. The lowest BCUT2D eigenvalue weighted by Crippen LogP contribution is -2.13. The van der Waals surface area contributed by atoms with Crippen LogP contribution in [0.2, 0.25) is 5.02 Å². The Balaban J connectivity index is 0.000000133. The molecule has 0 saturated carbocycles. The van der Waals surface area contributed by atoms with Crippen LogP contribution in [0, 0.1) is 18.3 Å². The lowest BCUT2D eigenvalue weighted by atomic mass is 9.81. The van der Waals surface area contributed by atoms with Crippen LogP contribution in [0.5, 0.6) is 17.2 Å². The smallest absolute Gasteiger partial charge is 0.130 e. The number of hydrogen-bond donors (Lipinski definition) is 7. The van der Waals surface area contributed by atoms with Crippen LogP contribution in [0.4, 0.5) is 0 Å². The monoisotopic (exact) mass is 1800 g/mol. The molecule has 0 aliphatic heterocycles. The third-order valence-corrected chi connectivity index (χ3v) is 25.3. The van der Waals surface area contributed by atoms with Gasteiger partial charge in [-0.3, -0.25) is 4.98 Å². The van der Waals surface area contributed by atoms with Crippen molar-refractivity contribution in [2.75, 3.05) is 21.3 Å². The lowest BCUT2D eigenvalue weighted by Gasteiger charge is -2.25. The maximum Gasteiger partial charge on any atom is 0.130 e. The van der Waals surface area contributed by atoms with Gasteiger partial charge in [0.25, 0.3) is 0 Å². The van der Waals surface area contributed by atoms with E-state index in [9.17, 15) is 0 Å². The molecule has 0 unspecified atom stereocenters. The highest BCUT2D eigenvalue weighted by Gasteiger charge is 2.29. The summed E-state index contributed by atoms with van der Waals surface area (Å²) < 4.78 is 16.8. The fourth-order valence-electron chi connectivity index (χ4n) is 17.4. The standard InChI is InChI=1S/C21H25N.C20H23NO2.C19H20ClNO.C18H19N.C17H18N2.C13H14N2.C13H17N/c1-14(2)15-6-8-16(9-7-15)18-12-17-10-11-22-20(17)13-19(18)21(3,4)5;1-20(2,3)15-12-16-13(9-10-21-16)11-14(15)19-17(22-4)7-6-8-18(19)23-5;1-19(2,3)16-11-17-12(7-8-21-17)9-15(16)14-6-5-13(20)10-18(14)22-4;1-18(2,3)16-12-17-14(9-10-19-17)11-15(16)13-7-5-4-6-8-13;1-17(2,3)15-10-16-12(6-8-19-16)9-14(15)13-5-4-7-18-11-13;1-13(2,3)10-4-5-11-9(7-14)8-15-12(11)6-10;1-9-8-14-12-7-10(13(2,3)4)5-6-11(9)12/h6-14,22H,1-5H3;6-12,21H,1-5H3;5-11,21H,1-4H3;4-12,19H,1-3H3;4-11,19H,1-3H3;4-6,8,15H,1-3H3;5-8,14H,1-4H3. The topological polar surface area (TPSA) is 175 Å². The molecule has 0 amide bonds. The number of aromatic amines is 7. The van der Waals surface area contributed by atoms with Crippen LogP contribution in [0.15, 0.2) is 286 Å². The van der Waals surface area contributed by atoms with Crippen molar-refractivity contribution in [3.8, 4) is 79.0 Å². The molecule has 8 aromatic heterocycles. The second-order valence-electron chi connectivity index (χ2n) is 42.6. The van der Waals surface area contributed by atoms with Crippen molar-refractivity contribution in [1.29, 1.82) is 5.26 Å². The zero-order valence-electron chi connectivity index (χ0n) is 83.7. The van der Waals surface area contributed by atoms with Gasteiger partial charge in [-0.25, -0.2) is 0 Å². The van der Waals surface area contributed by atoms with Crippen molar-refractivity contribution in [2.24, 2.45) is 0 Å². The van der Waals surface area contributed by atoms with E-state index in [0.29, 0.717) is 16.5 Å². The van der Waals surface area contributed by atoms with E-state index in [1.54, 1.807) is 27.5 Å². The van der Waals surface area contributed by atoms with Crippen LogP contribution in [0.3, 0.4) is 0 Å². The minimum atomic E-state index is 0.000494. The van der Waals surface area contributed by atoms with Crippen molar-refractivity contribution in [2.45, 2.75) is 210 Å². The van der Waals surface area contributed by atoms with Gasteiger partial charge < -0.3 is 49.1 Å². The Morgan fingerprint density at radius 3 is 1.09 bits per heavy atom. The number of methoxy groups -OCH3 is 3. The molecule has 690 valence electrons. The molecule has 11 aromatic carbocycles. The average Bonchev–Trinajstić information content (AvgIpc) is 0.829. The van der Waals surface area contributed by atoms with Crippen molar-refractivity contribution in [3.05, 3.63) is 347 Å². The molecular formula is C121H136ClN9O3. The minimum Gasteiger partial charge on any atom is -0.496 e. The number of nitriles is 1. The quantitative estimate of drug-likeness (QED) is 0.0760.